The summed E-state index contributed by atoms with van der Waals surface area (Å²) in [7, 11) is 0. The van der Waals surface area contributed by atoms with E-state index >= 15 is 0 Å². The van der Waals surface area contributed by atoms with E-state index in [2.05, 4.69) is 17.5 Å². The molecule has 1 aliphatic rings. The first kappa shape index (κ1) is 8.74. The lowest BCUT2D eigenvalue weighted by Gasteiger charge is -2.21. The van der Waals surface area contributed by atoms with Gasteiger partial charge in [-0.15, -0.1) is 11.3 Å². The minimum atomic E-state index is 0.501. The van der Waals surface area contributed by atoms with Crippen LogP contribution < -0.4 is 5.32 Å². The fourth-order valence-electron chi connectivity index (χ4n) is 1.69. The Bertz CT molecular complexity index is 318. The SMILES string of the molecule is N#Cc1ccc([C@@H]2CCCCN2)s1. The average molecular weight is 192 g/mol. The predicted molar refractivity (Wildman–Crippen MR) is 53.6 cm³/mol. The number of nitrogens with one attached hydrogen (secondary N) is 1. The first-order valence-electron chi connectivity index (χ1n) is 4.63. The molecule has 1 saturated heterocycles. The molecule has 2 heterocycles. The van der Waals surface area contributed by atoms with Gasteiger partial charge in [-0.2, -0.15) is 5.26 Å². The summed E-state index contributed by atoms with van der Waals surface area (Å²) in [5.74, 6) is 0. The van der Waals surface area contributed by atoms with Crippen molar-refractivity contribution < 1.29 is 0 Å². The largest absolute Gasteiger partial charge is 0.309 e. The van der Waals surface area contributed by atoms with Crippen LogP contribution in [0.4, 0.5) is 0 Å². The summed E-state index contributed by atoms with van der Waals surface area (Å²) in [6, 6.07) is 6.67. The third kappa shape index (κ3) is 1.90. The normalized spacial score (nSPS) is 22.5. The standard InChI is InChI=1S/C10H12N2S/c11-7-8-4-5-10(13-8)9-3-1-2-6-12-9/h4-5,9,12H,1-3,6H2/t9-/m0/s1. The summed E-state index contributed by atoms with van der Waals surface area (Å²) in [4.78, 5) is 2.14. The highest BCUT2D eigenvalue weighted by atomic mass is 32.1. The number of nitrogens with zero attached hydrogens (tertiary/aromatic N) is 1. The van der Waals surface area contributed by atoms with E-state index in [4.69, 9.17) is 5.26 Å². The molecule has 0 radical (unpaired) electrons. The zero-order valence-corrected chi connectivity index (χ0v) is 8.23. The Morgan fingerprint density at radius 3 is 3.00 bits per heavy atom. The fraction of sp³-hybridized carbons (Fsp3) is 0.500. The molecule has 0 unspecified atom stereocenters. The Hall–Kier alpha value is -0.850. The van der Waals surface area contributed by atoms with Crippen molar-refractivity contribution in [2.24, 2.45) is 0 Å². The number of hydrogen-bond donors (Lipinski definition) is 1. The quantitative estimate of drug-likeness (QED) is 0.741. The number of piperidine rings is 1. The molecular formula is C10H12N2S. The molecule has 1 aliphatic heterocycles. The van der Waals surface area contributed by atoms with E-state index in [9.17, 15) is 0 Å². The molecule has 1 aromatic heterocycles. The van der Waals surface area contributed by atoms with Gasteiger partial charge in [-0.25, -0.2) is 0 Å². The van der Waals surface area contributed by atoms with Gasteiger partial charge >= 0.3 is 0 Å². The van der Waals surface area contributed by atoms with Crippen LogP contribution in [0.3, 0.4) is 0 Å². The molecule has 2 rings (SSSR count). The van der Waals surface area contributed by atoms with E-state index in [1.165, 1.54) is 24.1 Å². The van der Waals surface area contributed by atoms with Crippen LogP contribution in [0, 0.1) is 11.3 Å². The van der Waals surface area contributed by atoms with Crippen LogP contribution in [0.5, 0.6) is 0 Å². The summed E-state index contributed by atoms with van der Waals surface area (Å²) in [6.45, 7) is 1.12. The highest BCUT2D eigenvalue weighted by molar-refractivity contribution is 7.12. The Balaban J connectivity index is 2.11. The van der Waals surface area contributed by atoms with E-state index in [1.807, 2.05) is 6.07 Å². The number of hydrogen-bond acceptors (Lipinski definition) is 3. The first-order chi connectivity index (χ1) is 6.40. The van der Waals surface area contributed by atoms with Crippen molar-refractivity contribution in [2.75, 3.05) is 6.54 Å². The highest BCUT2D eigenvalue weighted by Crippen LogP contribution is 2.28. The molecule has 0 saturated carbocycles. The lowest BCUT2D eigenvalue weighted by Crippen LogP contribution is -2.25. The maximum Gasteiger partial charge on any atom is 0.110 e. The first-order valence-corrected chi connectivity index (χ1v) is 5.45. The van der Waals surface area contributed by atoms with Gasteiger partial charge in [-0.05, 0) is 31.5 Å². The number of thiophene rings is 1. The van der Waals surface area contributed by atoms with E-state index in [-0.39, 0.29) is 0 Å². The van der Waals surface area contributed by atoms with Crippen LogP contribution in [0.15, 0.2) is 12.1 Å². The van der Waals surface area contributed by atoms with Crippen LogP contribution in [0.25, 0.3) is 0 Å². The van der Waals surface area contributed by atoms with Crippen LogP contribution in [-0.2, 0) is 0 Å². The van der Waals surface area contributed by atoms with Gasteiger partial charge in [0.1, 0.15) is 10.9 Å². The van der Waals surface area contributed by atoms with Crippen molar-refractivity contribution in [3.63, 3.8) is 0 Å². The predicted octanol–water partition coefficient (Wildman–Crippen LogP) is 2.43. The van der Waals surface area contributed by atoms with Crippen molar-refractivity contribution in [3.8, 4) is 6.07 Å². The van der Waals surface area contributed by atoms with Gasteiger partial charge in [-0.3, -0.25) is 0 Å². The zero-order valence-electron chi connectivity index (χ0n) is 7.42. The molecule has 0 spiro atoms. The van der Waals surface area contributed by atoms with Gasteiger partial charge in [0.25, 0.3) is 0 Å². The Morgan fingerprint density at radius 2 is 2.38 bits per heavy atom. The summed E-state index contributed by atoms with van der Waals surface area (Å²) in [5, 5.41) is 12.2. The van der Waals surface area contributed by atoms with Gasteiger partial charge in [-0.1, -0.05) is 6.42 Å². The van der Waals surface area contributed by atoms with Gasteiger partial charge < -0.3 is 5.32 Å². The topological polar surface area (TPSA) is 35.8 Å². The highest BCUT2D eigenvalue weighted by Gasteiger charge is 2.15. The molecule has 1 N–H and O–H groups in total. The van der Waals surface area contributed by atoms with E-state index < -0.39 is 0 Å². The van der Waals surface area contributed by atoms with Crippen LogP contribution in [0.1, 0.15) is 35.1 Å². The lowest BCUT2D eigenvalue weighted by atomic mass is 10.0. The smallest absolute Gasteiger partial charge is 0.110 e. The molecule has 0 amide bonds. The molecule has 0 aromatic carbocycles. The third-order valence-corrected chi connectivity index (χ3v) is 3.49. The maximum atomic E-state index is 8.69. The Morgan fingerprint density at radius 1 is 1.46 bits per heavy atom. The second-order valence-electron chi connectivity index (χ2n) is 3.32. The molecule has 0 bridgehead atoms. The maximum absolute atomic E-state index is 8.69. The van der Waals surface area contributed by atoms with Gasteiger partial charge in [0.05, 0.1) is 0 Å². The fourth-order valence-corrected chi connectivity index (χ4v) is 2.61. The zero-order chi connectivity index (χ0) is 9.10. The van der Waals surface area contributed by atoms with Crippen LogP contribution in [0.2, 0.25) is 0 Å². The van der Waals surface area contributed by atoms with Crippen molar-refractivity contribution in [2.45, 2.75) is 25.3 Å². The van der Waals surface area contributed by atoms with Crippen molar-refractivity contribution in [1.29, 1.82) is 5.26 Å². The second-order valence-corrected chi connectivity index (χ2v) is 4.43. The second kappa shape index (κ2) is 3.91. The molecule has 1 fully saturated rings. The monoisotopic (exact) mass is 192 g/mol. The number of rotatable bonds is 1. The van der Waals surface area contributed by atoms with E-state index in [0.717, 1.165) is 11.4 Å². The number of nitriles is 1. The molecular weight excluding hydrogens is 180 g/mol. The van der Waals surface area contributed by atoms with Gasteiger partial charge in [0.15, 0.2) is 0 Å². The van der Waals surface area contributed by atoms with Crippen LogP contribution >= 0.6 is 11.3 Å². The van der Waals surface area contributed by atoms with E-state index in [0.29, 0.717) is 6.04 Å². The average Bonchev–Trinajstić information content (AvgIpc) is 2.67. The molecule has 2 nitrogen and oxygen atoms in total. The Kier molecular flexibility index (Phi) is 2.62. The van der Waals surface area contributed by atoms with Gasteiger partial charge in [0.2, 0.25) is 0 Å². The summed E-state index contributed by atoms with van der Waals surface area (Å²) < 4.78 is 0. The summed E-state index contributed by atoms with van der Waals surface area (Å²) in [6.07, 6.45) is 3.80. The molecule has 0 aliphatic carbocycles. The summed E-state index contributed by atoms with van der Waals surface area (Å²) >= 11 is 1.62. The van der Waals surface area contributed by atoms with Crippen LogP contribution in [-0.4, -0.2) is 6.54 Å². The van der Waals surface area contributed by atoms with Crippen molar-refractivity contribution in [3.05, 3.63) is 21.9 Å². The lowest BCUT2D eigenvalue weighted by molar-refractivity contribution is 0.417. The molecule has 68 valence electrons. The van der Waals surface area contributed by atoms with Crippen molar-refractivity contribution >= 4 is 11.3 Å². The molecule has 1 atom stereocenters. The molecule has 13 heavy (non-hydrogen) atoms. The minimum Gasteiger partial charge on any atom is -0.309 e. The third-order valence-electron chi connectivity index (χ3n) is 2.39. The molecule has 3 heteroatoms. The van der Waals surface area contributed by atoms with Gasteiger partial charge in [0, 0.05) is 10.9 Å². The Labute approximate surface area is 82.2 Å². The van der Waals surface area contributed by atoms with E-state index in [1.54, 1.807) is 11.3 Å². The molecule has 1 aromatic rings. The summed E-state index contributed by atoms with van der Waals surface area (Å²) in [5.41, 5.74) is 0. The minimum absolute atomic E-state index is 0.501. The van der Waals surface area contributed by atoms with Crippen molar-refractivity contribution in [1.82, 2.24) is 5.32 Å².